The van der Waals surface area contributed by atoms with Gasteiger partial charge in [-0.25, -0.2) is 0 Å². The van der Waals surface area contributed by atoms with Crippen molar-refractivity contribution < 1.29 is 9.32 Å². The van der Waals surface area contributed by atoms with Crippen molar-refractivity contribution in [3.05, 3.63) is 11.7 Å². The molecule has 0 fully saturated rings. The van der Waals surface area contributed by atoms with Gasteiger partial charge in [0, 0.05) is 11.8 Å². The van der Waals surface area contributed by atoms with E-state index in [4.69, 9.17) is 4.52 Å². The molecule has 0 radical (unpaired) electrons. The number of aromatic nitrogens is 2. The van der Waals surface area contributed by atoms with E-state index in [0.717, 1.165) is 0 Å². The van der Waals surface area contributed by atoms with Gasteiger partial charge in [0.25, 0.3) is 0 Å². The first-order valence-corrected chi connectivity index (χ1v) is 4.32. The maximum absolute atomic E-state index is 11.2. The number of carbonyl (C=O) groups excluding carboxylic acids is 1. The van der Waals surface area contributed by atoms with E-state index >= 15 is 0 Å². The van der Waals surface area contributed by atoms with Crippen LogP contribution in [-0.4, -0.2) is 15.9 Å². The van der Waals surface area contributed by atoms with Crippen molar-refractivity contribution in [2.45, 2.75) is 39.5 Å². The molecule has 1 aromatic rings. The number of carbonyl (C=O) groups is 1. The SMILES string of the molecule is CCC(=O)c1noc(C(C)(C)C)n1. The second-order valence-electron chi connectivity index (χ2n) is 3.95. The summed E-state index contributed by atoms with van der Waals surface area (Å²) in [6.45, 7) is 7.65. The summed E-state index contributed by atoms with van der Waals surface area (Å²) >= 11 is 0. The number of Topliss-reactive ketones (excluding diaryl/α,β-unsaturated/α-hetero) is 1. The number of hydrogen-bond acceptors (Lipinski definition) is 4. The first-order valence-electron chi connectivity index (χ1n) is 4.32. The van der Waals surface area contributed by atoms with Crippen LogP contribution in [0.15, 0.2) is 4.52 Å². The van der Waals surface area contributed by atoms with E-state index in [9.17, 15) is 4.79 Å². The molecule has 0 aliphatic rings. The molecule has 72 valence electrons. The van der Waals surface area contributed by atoms with E-state index in [2.05, 4.69) is 10.1 Å². The molecular weight excluding hydrogens is 168 g/mol. The Morgan fingerprint density at radius 3 is 2.46 bits per heavy atom. The van der Waals surface area contributed by atoms with Crippen molar-refractivity contribution in [3.63, 3.8) is 0 Å². The van der Waals surface area contributed by atoms with Gasteiger partial charge in [0.1, 0.15) is 0 Å². The monoisotopic (exact) mass is 182 g/mol. The maximum atomic E-state index is 11.2. The normalized spacial score (nSPS) is 11.7. The van der Waals surface area contributed by atoms with Gasteiger partial charge in [0.15, 0.2) is 0 Å². The molecule has 4 nitrogen and oxygen atoms in total. The van der Waals surface area contributed by atoms with E-state index in [1.807, 2.05) is 20.8 Å². The second kappa shape index (κ2) is 3.28. The van der Waals surface area contributed by atoms with Crippen LogP contribution in [0.1, 0.15) is 50.6 Å². The molecule has 13 heavy (non-hydrogen) atoms. The standard InChI is InChI=1S/C9H14N2O2/c1-5-6(12)7-10-8(13-11-7)9(2,3)4/h5H2,1-4H3. The molecule has 0 saturated heterocycles. The lowest BCUT2D eigenvalue weighted by Gasteiger charge is -2.10. The van der Waals surface area contributed by atoms with E-state index < -0.39 is 0 Å². The minimum atomic E-state index is -0.195. The highest BCUT2D eigenvalue weighted by molar-refractivity contribution is 5.91. The average Bonchev–Trinajstić information content (AvgIpc) is 2.50. The predicted molar refractivity (Wildman–Crippen MR) is 47.6 cm³/mol. The molecule has 0 spiro atoms. The summed E-state index contributed by atoms with van der Waals surface area (Å²) in [5, 5.41) is 3.62. The van der Waals surface area contributed by atoms with Gasteiger partial charge >= 0.3 is 0 Å². The van der Waals surface area contributed by atoms with Crippen molar-refractivity contribution in [1.82, 2.24) is 10.1 Å². The van der Waals surface area contributed by atoms with Crippen molar-refractivity contribution in [2.75, 3.05) is 0 Å². The van der Waals surface area contributed by atoms with Crippen molar-refractivity contribution in [2.24, 2.45) is 0 Å². The predicted octanol–water partition coefficient (Wildman–Crippen LogP) is 1.96. The number of hydrogen-bond donors (Lipinski definition) is 0. The van der Waals surface area contributed by atoms with Gasteiger partial charge in [-0.3, -0.25) is 4.79 Å². The van der Waals surface area contributed by atoms with Crippen LogP contribution >= 0.6 is 0 Å². The first kappa shape index (κ1) is 9.89. The van der Waals surface area contributed by atoms with Crippen molar-refractivity contribution in [1.29, 1.82) is 0 Å². The van der Waals surface area contributed by atoms with Crippen LogP contribution in [0.3, 0.4) is 0 Å². The van der Waals surface area contributed by atoms with Crippen LogP contribution in [0, 0.1) is 0 Å². The summed E-state index contributed by atoms with van der Waals surface area (Å²) < 4.78 is 4.97. The van der Waals surface area contributed by atoms with Crippen LogP contribution in [0.2, 0.25) is 0 Å². The minimum absolute atomic E-state index is 0.0840. The molecule has 1 heterocycles. The smallest absolute Gasteiger partial charge is 0.238 e. The molecule has 0 atom stereocenters. The Kier molecular flexibility index (Phi) is 2.50. The molecule has 4 heteroatoms. The molecular formula is C9H14N2O2. The van der Waals surface area contributed by atoms with Crippen LogP contribution in [-0.2, 0) is 5.41 Å². The van der Waals surface area contributed by atoms with Gasteiger partial charge in [-0.15, -0.1) is 0 Å². The van der Waals surface area contributed by atoms with Crippen LogP contribution in [0.25, 0.3) is 0 Å². The van der Waals surface area contributed by atoms with Gasteiger partial charge in [-0.05, 0) is 0 Å². The van der Waals surface area contributed by atoms with Crippen LogP contribution in [0.4, 0.5) is 0 Å². The van der Waals surface area contributed by atoms with Gasteiger partial charge in [-0.2, -0.15) is 4.98 Å². The Morgan fingerprint density at radius 2 is 2.08 bits per heavy atom. The topological polar surface area (TPSA) is 56.0 Å². The van der Waals surface area contributed by atoms with Crippen LogP contribution in [0.5, 0.6) is 0 Å². The van der Waals surface area contributed by atoms with E-state index in [-0.39, 0.29) is 17.0 Å². The Labute approximate surface area is 77.3 Å². The third-order valence-corrected chi connectivity index (χ3v) is 1.64. The van der Waals surface area contributed by atoms with Gasteiger partial charge in [0.2, 0.25) is 17.5 Å². The van der Waals surface area contributed by atoms with Gasteiger partial charge < -0.3 is 4.52 Å². The molecule has 0 unspecified atom stereocenters. The third kappa shape index (κ3) is 2.14. The summed E-state index contributed by atoms with van der Waals surface area (Å²) in [6.07, 6.45) is 0.406. The lowest BCUT2D eigenvalue weighted by Crippen LogP contribution is -2.12. The van der Waals surface area contributed by atoms with Gasteiger partial charge in [0.05, 0.1) is 0 Å². The molecule has 0 bridgehead atoms. The summed E-state index contributed by atoms with van der Waals surface area (Å²) in [4.78, 5) is 15.2. The summed E-state index contributed by atoms with van der Waals surface area (Å²) in [5.41, 5.74) is -0.195. The second-order valence-corrected chi connectivity index (χ2v) is 3.95. The number of ketones is 1. The fourth-order valence-corrected chi connectivity index (χ4v) is 0.799. The molecule has 0 saturated carbocycles. The first-order chi connectivity index (χ1) is 5.95. The van der Waals surface area contributed by atoms with E-state index in [1.165, 1.54) is 0 Å². The van der Waals surface area contributed by atoms with E-state index in [0.29, 0.717) is 12.3 Å². The zero-order valence-corrected chi connectivity index (χ0v) is 8.42. The Hall–Kier alpha value is -1.19. The minimum Gasteiger partial charge on any atom is -0.338 e. The molecule has 0 aliphatic carbocycles. The van der Waals surface area contributed by atoms with Gasteiger partial charge in [-0.1, -0.05) is 32.9 Å². The highest BCUT2D eigenvalue weighted by Crippen LogP contribution is 2.19. The summed E-state index contributed by atoms with van der Waals surface area (Å²) in [6, 6.07) is 0. The molecule has 1 aromatic heterocycles. The maximum Gasteiger partial charge on any atom is 0.238 e. The summed E-state index contributed by atoms with van der Waals surface area (Å²) in [7, 11) is 0. The third-order valence-electron chi connectivity index (χ3n) is 1.64. The molecule has 0 aliphatic heterocycles. The highest BCUT2D eigenvalue weighted by atomic mass is 16.5. The Morgan fingerprint density at radius 1 is 1.46 bits per heavy atom. The fraction of sp³-hybridized carbons (Fsp3) is 0.667. The van der Waals surface area contributed by atoms with Crippen molar-refractivity contribution in [3.8, 4) is 0 Å². The largest absolute Gasteiger partial charge is 0.338 e. The van der Waals surface area contributed by atoms with Crippen molar-refractivity contribution >= 4 is 5.78 Å². The Balaban J connectivity index is 2.93. The molecule has 0 amide bonds. The molecule has 1 rings (SSSR count). The molecule has 0 aromatic carbocycles. The average molecular weight is 182 g/mol. The summed E-state index contributed by atoms with van der Waals surface area (Å²) in [5.74, 6) is 0.607. The number of rotatable bonds is 2. The fourth-order valence-electron chi connectivity index (χ4n) is 0.799. The van der Waals surface area contributed by atoms with E-state index in [1.54, 1.807) is 6.92 Å². The zero-order valence-electron chi connectivity index (χ0n) is 8.42. The zero-order chi connectivity index (χ0) is 10.1. The lowest BCUT2D eigenvalue weighted by atomic mass is 9.97. The number of nitrogens with zero attached hydrogens (tertiary/aromatic N) is 2. The lowest BCUT2D eigenvalue weighted by molar-refractivity contribution is 0.0975. The molecule has 0 N–H and O–H groups in total. The quantitative estimate of drug-likeness (QED) is 0.656. The Bertz CT molecular complexity index is 310. The highest BCUT2D eigenvalue weighted by Gasteiger charge is 2.23. The van der Waals surface area contributed by atoms with Crippen LogP contribution < -0.4 is 0 Å².